The summed E-state index contributed by atoms with van der Waals surface area (Å²) in [6.45, 7) is 9.91. The van der Waals surface area contributed by atoms with Crippen LogP contribution in [-0.2, 0) is 4.79 Å². The molecule has 1 rings (SSSR count). The molecule has 0 saturated carbocycles. The fraction of sp³-hybridized carbons (Fsp3) is 0.562. The number of aryl methyl sites for hydroxylation is 2. The Bertz CT molecular complexity index is 415. The minimum Gasteiger partial charge on any atom is -0.356 e. The van der Waals surface area contributed by atoms with Gasteiger partial charge >= 0.3 is 0 Å². The predicted octanol–water partition coefficient (Wildman–Crippen LogP) is 2.87. The fourth-order valence-electron chi connectivity index (χ4n) is 2.09. The smallest absolute Gasteiger partial charge is 0.221 e. The van der Waals surface area contributed by atoms with Crippen LogP contribution in [0.1, 0.15) is 49.4 Å². The first kappa shape index (κ1) is 15.7. The van der Waals surface area contributed by atoms with Gasteiger partial charge in [-0.05, 0) is 38.3 Å². The normalized spacial score (nSPS) is 12.2. The molecule has 0 aliphatic heterocycles. The van der Waals surface area contributed by atoms with Crippen LogP contribution in [-0.4, -0.2) is 19.0 Å². The molecule has 2 N–H and O–H groups in total. The molecule has 0 bridgehead atoms. The predicted molar refractivity (Wildman–Crippen MR) is 80.3 cm³/mol. The standard InChI is InChI=1S/C16H26N2O/c1-5-9-18-16(19)8-10-17-14(4)15-11-12(2)6-7-13(15)3/h6-7,11,14,17H,5,8-10H2,1-4H3,(H,18,19). The molecule has 1 amide bonds. The van der Waals surface area contributed by atoms with E-state index in [0.717, 1.165) is 13.0 Å². The molecule has 1 aromatic rings. The Kier molecular flexibility index (Phi) is 6.57. The molecule has 1 unspecified atom stereocenters. The first-order chi connectivity index (χ1) is 9.04. The quantitative estimate of drug-likeness (QED) is 0.793. The van der Waals surface area contributed by atoms with Crippen molar-refractivity contribution in [2.45, 2.75) is 46.6 Å². The second-order valence-corrected chi connectivity index (χ2v) is 5.14. The zero-order valence-electron chi connectivity index (χ0n) is 12.5. The van der Waals surface area contributed by atoms with Gasteiger partial charge in [-0.2, -0.15) is 0 Å². The summed E-state index contributed by atoms with van der Waals surface area (Å²) in [5.74, 6) is 0.127. The molecule has 106 valence electrons. The van der Waals surface area contributed by atoms with Crippen molar-refractivity contribution in [1.82, 2.24) is 10.6 Å². The van der Waals surface area contributed by atoms with Crippen molar-refractivity contribution < 1.29 is 4.79 Å². The van der Waals surface area contributed by atoms with Gasteiger partial charge in [-0.25, -0.2) is 0 Å². The van der Waals surface area contributed by atoms with Crippen LogP contribution in [0.5, 0.6) is 0 Å². The van der Waals surface area contributed by atoms with Crippen LogP contribution in [0.3, 0.4) is 0 Å². The lowest BCUT2D eigenvalue weighted by atomic mass is 10.00. The Balaban J connectivity index is 2.41. The minimum absolute atomic E-state index is 0.127. The maximum absolute atomic E-state index is 11.5. The summed E-state index contributed by atoms with van der Waals surface area (Å²) < 4.78 is 0. The fourth-order valence-corrected chi connectivity index (χ4v) is 2.09. The molecule has 0 aromatic heterocycles. The van der Waals surface area contributed by atoms with Crippen molar-refractivity contribution in [1.29, 1.82) is 0 Å². The van der Waals surface area contributed by atoms with Crippen molar-refractivity contribution in [2.24, 2.45) is 0 Å². The molecule has 0 saturated heterocycles. The second-order valence-electron chi connectivity index (χ2n) is 5.14. The third kappa shape index (κ3) is 5.43. The molecule has 1 aromatic carbocycles. The van der Waals surface area contributed by atoms with E-state index >= 15 is 0 Å². The summed E-state index contributed by atoms with van der Waals surface area (Å²) in [7, 11) is 0. The first-order valence-electron chi connectivity index (χ1n) is 7.11. The van der Waals surface area contributed by atoms with Gasteiger partial charge in [0.1, 0.15) is 0 Å². The monoisotopic (exact) mass is 262 g/mol. The molecule has 19 heavy (non-hydrogen) atoms. The van der Waals surface area contributed by atoms with Crippen LogP contribution >= 0.6 is 0 Å². The molecule has 0 fully saturated rings. The third-order valence-electron chi connectivity index (χ3n) is 3.28. The lowest BCUT2D eigenvalue weighted by Gasteiger charge is -2.17. The second kappa shape index (κ2) is 7.95. The molecule has 3 nitrogen and oxygen atoms in total. The van der Waals surface area contributed by atoms with E-state index in [1.807, 2.05) is 0 Å². The van der Waals surface area contributed by atoms with E-state index in [9.17, 15) is 4.79 Å². The number of hydrogen-bond donors (Lipinski definition) is 2. The Morgan fingerprint density at radius 1 is 1.26 bits per heavy atom. The van der Waals surface area contributed by atoms with Crippen molar-refractivity contribution in [3.8, 4) is 0 Å². The van der Waals surface area contributed by atoms with Crippen molar-refractivity contribution in [3.05, 3.63) is 34.9 Å². The highest BCUT2D eigenvalue weighted by Gasteiger charge is 2.08. The van der Waals surface area contributed by atoms with Crippen molar-refractivity contribution in [3.63, 3.8) is 0 Å². The lowest BCUT2D eigenvalue weighted by molar-refractivity contribution is -0.121. The van der Waals surface area contributed by atoms with Crippen molar-refractivity contribution in [2.75, 3.05) is 13.1 Å². The van der Waals surface area contributed by atoms with Gasteiger partial charge in [0.25, 0.3) is 0 Å². The van der Waals surface area contributed by atoms with Gasteiger partial charge < -0.3 is 10.6 Å². The van der Waals surface area contributed by atoms with E-state index in [4.69, 9.17) is 0 Å². The Morgan fingerprint density at radius 2 is 2.00 bits per heavy atom. The van der Waals surface area contributed by atoms with Crippen LogP contribution in [0.2, 0.25) is 0 Å². The zero-order chi connectivity index (χ0) is 14.3. The topological polar surface area (TPSA) is 41.1 Å². The SMILES string of the molecule is CCCNC(=O)CCNC(C)c1cc(C)ccc1C. The highest BCUT2D eigenvalue weighted by Crippen LogP contribution is 2.18. The molecule has 0 aliphatic carbocycles. The lowest BCUT2D eigenvalue weighted by Crippen LogP contribution is -2.29. The van der Waals surface area contributed by atoms with Gasteiger partial charge in [0.15, 0.2) is 0 Å². The number of rotatable bonds is 7. The number of benzene rings is 1. The molecular weight excluding hydrogens is 236 g/mol. The van der Waals surface area contributed by atoms with Crippen LogP contribution in [0.4, 0.5) is 0 Å². The summed E-state index contributed by atoms with van der Waals surface area (Å²) in [5.41, 5.74) is 3.88. The van der Waals surface area contributed by atoms with Crippen LogP contribution in [0, 0.1) is 13.8 Å². The van der Waals surface area contributed by atoms with Crippen LogP contribution in [0.25, 0.3) is 0 Å². The van der Waals surface area contributed by atoms with E-state index in [2.05, 4.69) is 56.5 Å². The molecule has 0 aliphatic rings. The van der Waals surface area contributed by atoms with Crippen LogP contribution in [0.15, 0.2) is 18.2 Å². The molecule has 1 atom stereocenters. The molecule has 3 heteroatoms. The summed E-state index contributed by atoms with van der Waals surface area (Å²) in [4.78, 5) is 11.5. The molecule has 0 spiro atoms. The molecule has 0 radical (unpaired) electrons. The van der Waals surface area contributed by atoms with E-state index in [-0.39, 0.29) is 11.9 Å². The van der Waals surface area contributed by atoms with Crippen molar-refractivity contribution >= 4 is 5.91 Å². The maximum atomic E-state index is 11.5. The Labute approximate surface area is 116 Å². The minimum atomic E-state index is 0.127. The third-order valence-corrected chi connectivity index (χ3v) is 3.28. The summed E-state index contributed by atoms with van der Waals surface area (Å²) in [5, 5.41) is 6.30. The van der Waals surface area contributed by atoms with Gasteiger partial charge in [0.05, 0.1) is 0 Å². The van der Waals surface area contributed by atoms with Gasteiger partial charge in [0.2, 0.25) is 5.91 Å². The van der Waals surface area contributed by atoms with E-state index < -0.39 is 0 Å². The summed E-state index contributed by atoms with van der Waals surface area (Å²) >= 11 is 0. The Hall–Kier alpha value is -1.35. The Morgan fingerprint density at radius 3 is 2.68 bits per heavy atom. The first-order valence-corrected chi connectivity index (χ1v) is 7.11. The maximum Gasteiger partial charge on any atom is 0.221 e. The largest absolute Gasteiger partial charge is 0.356 e. The zero-order valence-corrected chi connectivity index (χ0v) is 12.5. The number of carbonyl (C=O) groups is 1. The summed E-state index contributed by atoms with van der Waals surface area (Å²) in [6.07, 6.45) is 1.52. The van der Waals surface area contributed by atoms with E-state index in [0.29, 0.717) is 13.0 Å². The average Bonchev–Trinajstić information content (AvgIpc) is 2.39. The van der Waals surface area contributed by atoms with Gasteiger partial charge in [-0.1, -0.05) is 30.7 Å². The summed E-state index contributed by atoms with van der Waals surface area (Å²) in [6, 6.07) is 6.77. The highest BCUT2D eigenvalue weighted by molar-refractivity contribution is 5.75. The number of nitrogens with one attached hydrogen (secondary N) is 2. The van der Waals surface area contributed by atoms with Crippen LogP contribution < -0.4 is 10.6 Å². The number of carbonyl (C=O) groups excluding carboxylic acids is 1. The van der Waals surface area contributed by atoms with Gasteiger partial charge in [-0.15, -0.1) is 0 Å². The molecule has 0 heterocycles. The van der Waals surface area contributed by atoms with Gasteiger partial charge in [-0.3, -0.25) is 4.79 Å². The molecular formula is C16H26N2O. The highest BCUT2D eigenvalue weighted by atomic mass is 16.1. The average molecular weight is 262 g/mol. The van der Waals surface area contributed by atoms with Gasteiger partial charge in [0, 0.05) is 25.6 Å². The number of amides is 1. The van der Waals surface area contributed by atoms with E-state index in [1.165, 1.54) is 16.7 Å². The van der Waals surface area contributed by atoms with E-state index in [1.54, 1.807) is 0 Å². The number of hydrogen-bond acceptors (Lipinski definition) is 2.